The van der Waals surface area contributed by atoms with Crippen LogP contribution in [-0.2, 0) is 10.9 Å². The zero-order chi connectivity index (χ0) is 14.3. The fourth-order valence-corrected chi connectivity index (χ4v) is 1.34. The molecule has 0 radical (unpaired) electrons. The molecular weight excluding hydrogens is 283 g/mol. The van der Waals surface area contributed by atoms with Crippen LogP contribution in [0.1, 0.15) is 12.2 Å². The molecule has 0 bridgehead atoms. The van der Waals surface area contributed by atoms with Gasteiger partial charge in [0.2, 0.25) is 5.82 Å². The van der Waals surface area contributed by atoms with Gasteiger partial charge >= 0.3 is 6.18 Å². The second-order valence-corrected chi connectivity index (χ2v) is 3.90. The predicted molar refractivity (Wildman–Crippen MR) is 66.2 cm³/mol. The third-order valence-corrected chi connectivity index (χ3v) is 2.16. The van der Waals surface area contributed by atoms with Crippen molar-refractivity contribution in [2.24, 2.45) is 0 Å². The first-order valence-corrected chi connectivity index (χ1v) is 5.85. The van der Waals surface area contributed by atoms with Gasteiger partial charge in [-0.15, -0.1) is 6.58 Å². The zero-order valence-electron chi connectivity index (χ0n) is 10.0. The molecule has 1 aromatic rings. The van der Waals surface area contributed by atoms with Crippen LogP contribution in [0, 0.1) is 0 Å². The Balaban J connectivity index is 2.50. The lowest BCUT2D eigenvalue weighted by atomic mass is 10.4. The van der Waals surface area contributed by atoms with Gasteiger partial charge in [0.05, 0.1) is 13.2 Å². The third-order valence-electron chi connectivity index (χ3n) is 1.97. The summed E-state index contributed by atoms with van der Waals surface area (Å²) in [5.41, 5.74) is 0. The maximum atomic E-state index is 12.4. The largest absolute Gasteiger partial charge is 0.451 e. The molecule has 0 aromatic carbocycles. The number of anilines is 1. The van der Waals surface area contributed by atoms with E-state index < -0.39 is 12.0 Å². The molecule has 4 nitrogen and oxygen atoms in total. The van der Waals surface area contributed by atoms with Crippen LogP contribution in [0.25, 0.3) is 0 Å². The summed E-state index contributed by atoms with van der Waals surface area (Å²) in [6.07, 6.45) is -2.19. The molecule has 1 heterocycles. The van der Waals surface area contributed by atoms with E-state index in [9.17, 15) is 13.2 Å². The van der Waals surface area contributed by atoms with Crippen molar-refractivity contribution >= 4 is 17.4 Å². The highest BCUT2D eigenvalue weighted by atomic mass is 35.5. The summed E-state index contributed by atoms with van der Waals surface area (Å²) < 4.78 is 42.5. The molecule has 1 rings (SSSR count). The Kier molecular flexibility index (Phi) is 6.04. The quantitative estimate of drug-likeness (QED) is 0.477. The van der Waals surface area contributed by atoms with Gasteiger partial charge < -0.3 is 10.1 Å². The van der Waals surface area contributed by atoms with Crippen molar-refractivity contribution in [3.05, 3.63) is 29.7 Å². The number of hydrogen-bond donors (Lipinski definition) is 1. The van der Waals surface area contributed by atoms with Crippen molar-refractivity contribution in [2.75, 3.05) is 25.1 Å². The average Bonchev–Trinajstić information content (AvgIpc) is 2.32. The van der Waals surface area contributed by atoms with Crippen molar-refractivity contribution in [3.8, 4) is 0 Å². The molecule has 106 valence electrons. The molecule has 0 amide bonds. The number of nitrogens with one attached hydrogen (secondary N) is 1. The Morgan fingerprint density at radius 2 is 2.11 bits per heavy atom. The lowest BCUT2D eigenvalue weighted by Gasteiger charge is -2.09. The molecule has 19 heavy (non-hydrogen) atoms. The van der Waals surface area contributed by atoms with Crippen molar-refractivity contribution < 1.29 is 17.9 Å². The molecule has 0 saturated heterocycles. The molecule has 0 aliphatic carbocycles. The van der Waals surface area contributed by atoms with Crippen LogP contribution in [-0.4, -0.2) is 29.7 Å². The summed E-state index contributed by atoms with van der Waals surface area (Å²) in [6.45, 7) is 4.72. The summed E-state index contributed by atoms with van der Waals surface area (Å²) in [5.74, 6) is -1.25. The maximum Gasteiger partial charge on any atom is 0.451 e. The van der Waals surface area contributed by atoms with Crippen molar-refractivity contribution in [3.63, 3.8) is 0 Å². The molecule has 0 unspecified atom stereocenters. The minimum Gasteiger partial charge on any atom is -0.379 e. The first-order chi connectivity index (χ1) is 8.93. The van der Waals surface area contributed by atoms with Crippen LogP contribution in [0.4, 0.5) is 19.0 Å². The van der Waals surface area contributed by atoms with Crippen LogP contribution >= 0.6 is 11.6 Å². The van der Waals surface area contributed by atoms with Crippen LogP contribution in [0.5, 0.6) is 0 Å². The van der Waals surface area contributed by atoms with Gasteiger partial charge in [-0.3, -0.25) is 0 Å². The van der Waals surface area contributed by atoms with Gasteiger partial charge in [-0.2, -0.15) is 13.2 Å². The van der Waals surface area contributed by atoms with Crippen molar-refractivity contribution in [1.82, 2.24) is 9.97 Å². The Hall–Kier alpha value is -1.34. The van der Waals surface area contributed by atoms with Crippen molar-refractivity contribution in [2.45, 2.75) is 12.6 Å². The van der Waals surface area contributed by atoms with E-state index in [2.05, 4.69) is 21.9 Å². The summed E-state index contributed by atoms with van der Waals surface area (Å²) in [4.78, 5) is 6.46. The summed E-state index contributed by atoms with van der Waals surface area (Å²) in [7, 11) is 0. The number of rotatable bonds is 7. The molecule has 0 aliphatic heterocycles. The van der Waals surface area contributed by atoms with Gasteiger partial charge in [0.1, 0.15) is 11.0 Å². The second kappa shape index (κ2) is 7.30. The van der Waals surface area contributed by atoms with E-state index in [0.717, 1.165) is 6.42 Å². The number of nitrogens with zero attached hydrogens (tertiary/aromatic N) is 2. The fraction of sp³-hybridized carbons (Fsp3) is 0.455. The Labute approximate surface area is 113 Å². The summed E-state index contributed by atoms with van der Waals surface area (Å²) >= 11 is 5.50. The van der Waals surface area contributed by atoms with Crippen LogP contribution in [0.3, 0.4) is 0 Å². The highest BCUT2D eigenvalue weighted by Crippen LogP contribution is 2.28. The summed E-state index contributed by atoms with van der Waals surface area (Å²) in [6, 6.07) is 1.22. The number of aromatic nitrogens is 2. The molecule has 1 N–H and O–H groups in total. The molecule has 0 atom stereocenters. The van der Waals surface area contributed by atoms with E-state index in [0.29, 0.717) is 19.8 Å². The minimum atomic E-state index is -4.62. The number of hydrogen-bond acceptors (Lipinski definition) is 4. The standard InChI is InChI=1S/C11H13ClF3N3O/c1-2-3-5-19-6-4-16-9-7-8(12)17-10(18-9)11(13,14)15/h2,7H,1,3-6H2,(H,16,17,18). The topological polar surface area (TPSA) is 47.0 Å². The molecule has 0 saturated carbocycles. The molecule has 0 fully saturated rings. The van der Waals surface area contributed by atoms with E-state index in [-0.39, 0.29) is 11.0 Å². The lowest BCUT2D eigenvalue weighted by molar-refractivity contribution is -0.144. The molecule has 0 aliphatic rings. The minimum absolute atomic E-state index is 0.0136. The Bertz CT molecular complexity index is 426. The SMILES string of the molecule is C=CCCOCCNc1cc(Cl)nc(C(F)(F)F)n1. The molecule has 8 heteroatoms. The number of alkyl halides is 3. The highest BCUT2D eigenvalue weighted by Gasteiger charge is 2.35. The Morgan fingerprint density at radius 1 is 1.37 bits per heavy atom. The van der Waals surface area contributed by atoms with Gasteiger partial charge in [0.25, 0.3) is 0 Å². The van der Waals surface area contributed by atoms with Gasteiger partial charge in [0.15, 0.2) is 0 Å². The van der Waals surface area contributed by atoms with Gasteiger partial charge in [-0.05, 0) is 6.42 Å². The maximum absolute atomic E-state index is 12.4. The van der Waals surface area contributed by atoms with E-state index in [1.54, 1.807) is 6.08 Å². The van der Waals surface area contributed by atoms with E-state index in [4.69, 9.17) is 16.3 Å². The molecule has 1 aromatic heterocycles. The van der Waals surface area contributed by atoms with Gasteiger partial charge in [-0.25, -0.2) is 9.97 Å². The third kappa shape index (κ3) is 5.89. The predicted octanol–water partition coefficient (Wildman–Crippen LogP) is 3.15. The van der Waals surface area contributed by atoms with Crippen molar-refractivity contribution in [1.29, 1.82) is 0 Å². The van der Waals surface area contributed by atoms with Crippen LogP contribution in [0.2, 0.25) is 5.15 Å². The van der Waals surface area contributed by atoms with E-state index in [1.165, 1.54) is 6.07 Å². The second-order valence-electron chi connectivity index (χ2n) is 3.51. The lowest BCUT2D eigenvalue weighted by Crippen LogP contribution is -2.15. The molecular formula is C11H13ClF3N3O. The first-order valence-electron chi connectivity index (χ1n) is 5.48. The first kappa shape index (κ1) is 15.7. The summed E-state index contributed by atoms with van der Waals surface area (Å²) in [5, 5.41) is 2.42. The average molecular weight is 296 g/mol. The van der Waals surface area contributed by atoms with Gasteiger partial charge in [-0.1, -0.05) is 17.7 Å². The Morgan fingerprint density at radius 3 is 2.74 bits per heavy atom. The van der Waals surface area contributed by atoms with Crippen LogP contribution in [0.15, 0.2) is 18.7 Å². The van der Waals surface area contributed by atoms with Gasteiger partial charge in [0, 0.05) is 12.6 Å². The number of ether oxygens (including phenoxy) is 1. The zero-order valence-corrected chi connectivity index (χ0v) is 10.8. The monoisotopic (exact) mass is 295 g/mol. The smallest absolute Gasteiger partial charge is 0.379 e. The highest BCUT2D eigenvalue weighted by molar-refractivity contribution is 6.29. The van der Waals surface area contributed by atoms with E-state index >= 15 is 0 Å². The van der Waals surface area contributed by atoms with E-state index in [1.807, 2.05) is 0 Å². The number of halogens is 4. The van der Waals surface area contributed by atoms with Crippen LogP contribution < -0.4 is 5.32 Å². The fourth-order valence-electron chi connectivity index (χ4n) is 1.15. The molecule has 0 spiro atoms. The normalized spacial score (nSPS) is 11.4.